The van der Waals surface area contributed by atoms with Crippen molar-refractivity contribution < 1.29 is 14.6 Å². The average molecular weight is 435 g/mol. The molecule has 0 unspecified atom stereocenters. The van der Waals surface area contributed by atoms with Crippen molar-refractivity contribution in [3.05, 3.63) is 52.8 Å². The molecule has 1 saturated heterocycles. The zero-order valence-corrected chi connectivity index (χ0v) is 17.6. The molecular weight excluding hydrogens is 410 g/mol. The van der Waals surface area contributed by atoms with Crippen LogP contribution in [0.1, 0.15) is 6.42 Å². The van der Waals surface area contributed by atoms with Gasteiger partial charge in [0.1, 0.15) is 28.2 Å². The summed E-state index contributed by atoms with van der Waals surface area (Å²) in [5, 5.41) is 15.2. The summed E-state index contributed by atoms with van der Waals surface area (Å²) < 4.78 is 12.8. The van der Waals surface area contributed by atoms with Crippen LogP contribution < -0.4 is 16.0 Å². The van der Waals surface area contributed by atoms with E-state index < -0.39 is 0 Å². The summed E-state index contributed by atoms with van der Waals surface area (Å²) >= 11 is 0. The number of nitrogens with two attached hydrogens (primary N) is 1. The van der Waals surface area contributed by atoms with Crippen molar-refractivity contribution in [2.24, 2.45) is 0 Å². The highest BCUT2D eigenvalue weighted by atomic mass is 16.5. The van der Waals surface area contributed by atoms with Crippen molar-refractivity contribution in [1.29, 1.82) is 0 Å². The van der Waals surface area contributed by atoms with Crippen molar-refractivity contribution in [2.45, 2.75) is 6.42 Å². The van der Waals surface area contributed by atoms with Gasteiger partial charge in [0.25, 0.3) is 5.56 Å². The van der Waals surface area contributed by atoms with Gasteiger partial charge in [-0.25, -0.2) is 4.68 Å². The normalized spacial score (nSPS) is 14.9. The molecule has 166 valence electrons. The molecule has 2 aromatic carbocycles. The maximum absolute atomic E-state index is 12.8. The molecule has 0 radical (unpaired) electrons. The number of benzene rings is 2. The molecule has 0 bridgehead atoms. The Bertz CT molecular complexity index is 1310. The first-order valence-electron chi connectivity index (χ1n) is 10.7. The second kappa shape index (κ2) is 8.52. The molecule has 9 heteroatoms. The van der Waals surface area contributed by atoms with Crippen molar-refractivity contribution in [3.8, 4) is 17.2 Å². The molecule has 1 aliphatic heterocycles. The minimum absolute atomic E-state index is 0.143. The van der Waals surface area contributed by atoms with Crippen LogP contribution in [-0.2, 0) is 4.74 Å². The number of hydrogen-bond acceptors (Lipinski definition) is 7. The molecule has 5 rings (SSSR count). The second-order valence-electron chi connectivity index (χ2n) is 7.85. The van der Waals surface area contributed by atoms with Crippen LogP contribution in [0.4, 0.5) is 5.82 Å². The fraction of sp³-hybridized carbons (Fsp3) is 0.304. The fourth-order valence-corrected chi connectivity index (χ4v) is 4.04. The van der Waals surface area contributed by atoms with E-state index in [-0.39, 0.29) is 17.1 Å². The average Bonchev–Trinajstić information content (AvgIpc) is 3.16. The number of H-pyrrole nitrogens is 1. The molecule has 9 nitrogen and oxygen atoms in total. The number of anilines is 1. The number of fused-ring (bicyclic) bond motifs is 3. The molecule has 1 fully saturated rings. The van der Waals surface area contributed by atoms with Crippen LogP contribution in [0.5, 0.6) is 11.5 Å². The molecule has 0 spiro atoms. The minimum Gasteiger partial charge on any atom is -0.508 e. The number of aromatic nitrogens is 3. The number of aromatic hydroxyl groups is 1. The number of rotatable bonds is 6. The maximum Gasteiger partial charge on any atom is 0.261 e. The van der Waals surface area contributed by atoms with Gasteiger partial charge in [0.05, 0.1) is 31.0 Å². The lowest BCUT2D eigenvalue weighted by Crippen LogP contribution is -2.37. The summed E-state index contributed by atoms with van der Waals surface area (Å²) in [5.41, 5.74) is 7.77. The van der Waals surface area contributed by atoms with Crippen molar-refractivity contribution in [1.82, 2.24) is 19.7 Å². The third-order valence-electron chi connectivity index (χ3n) is 5.73. The summed E-state index contributed by atoms with van der Waals surface area (Å²) in [6, 6.07) is 12.1. The van der Waals surface area contributed by atoms with Crippen LogP contribution in [0, 0.1) is 0 Å². The second-order valence-corrected chi connectivity index (χ2v) is 7.85. The molecule has 3 heterocycles. The molecule has 4 aromatic rings. The summed E-state index contributed by atoms with van der Waals surface area (Å²) in [6.07, 6.45) is 0.918. The minimum atomic E-state index is -0.306. The Balaban J connectivity index is 1.39. The molecule has 32 heavy (non-hydrogen) atoms. The molecule has 0 saturated carbocycles. The number of nitrogens with zero attached hydrogens (tertiary/aromatic N) is 3. The summed E-state index contributed by atoms with van der Waals surface area (Å²) in [7, 11) is 0. The van der Waals surface area contributed by atoms with Gasteiger partial charge in [-0.3, -0.25) is 9.69 Å². The first-order chi connectivity index (χ1) is 15.6. The number of hydrogen-bond donors (Lipinski definition) is 3. The lowest BCUT2D eigenvalue weighted by molar-refractivity contribution is 0.0358. The summed E-state index contributed by atoms with van der Waals surface area (Å²) in [5.74, 6) is 1.09. The topological polar surface area (TPSA) is 119 Å². The Labute approximate surface area is 184 Å². The molecule has 0 amide bonds. The Morgan fingerprint density at radius 3 is 2.72 bits per heavy atom. The maximum atomic E-state index is 12.8. The monoisotopic (exact) mass is 435 g/mol. The number of aromatic amines is 1. The predicted octanol–water partition coefficient (Wildman–Crippen LogP) is 2.26. The van der Waals surface area contributed by atoms with Crippen LogP contribution in [0.2, 0.25) is 0 Å². The van der Waals surface area contributed by atoms with E-state index in [4.69, 9.17) is 15.2 Å². The van der Waals surface area contributed by atoms with Gasteiger partial charge in [0.15, 0.2) is 0 Å². The van der Waals surface area contributed by atoms with Crippen molar-refractivity contribution in [3.63, 3.8) is 0 Å². The number of phenols is 1. The molecule has 0 atom stereocenters. The van der Waals surface area contributed by atoms with E-state index in [0.29, 0.717) is 34.5 Å². The van der Waals surface area contributed by atoms with Gasteiger partial charge in [-0.1, -0.05) is 0 Å². The van der Waals surface area contributed by atoms with Gasteiger partial charge in [0, 0.05) is 31.1 Å². The van der Waals surface area contributed by atoms with Crippen LogP contribution >= 0.6 is 0 Å². The number of morpholine rings is 1. The SMILES string of the molecule is Nc1c2c(=O)[nH]c3cc(OCCCN4CCOCC4)ccc3c2nn1-c1ccc(O)cc1. The molecule has 1 aliphatic rings. The number of nitrogen functional groups attached to an aromatic ring is 1. The van der Waals surface area contributed by atoms with E-state index in [2.05, 4.69) is 15.0 Å². The number of ether oxygens (including phenoxy) is 2. The fourth-order valence-electron chi connectivity index (χ4n) is 4.04. The highest BCUT2D eigenvalue weighted by molar-refractivity contribution is 6.07. The number of nitrogens with one attached hydrogen (secondary N) is 1. The lowest BCUT2D eigenvalue weighted by atomic mass is 10.1. The highest BCUT2D eigenvalue weighted by Crippen LogP contribution is 2.29. The van der Waals surface area contributed by atoms with Gasteiger partial charge in [0.2, 0.25) is 0 Å². The Kier molecular flexibility index (Phi) is 5.42. The zero-order chi connectivity index (χ0) is 22.1. The Hall–Kier alpha value is -3.56. The Morgan fingerprint density at radius 2 is 1.94 bits per heavy atom. The Morgan fingerprint density at radius 1 is 1.16 bits per heavy atom. The van der Waals surface area contributed by atoms with E-state index in [1.807, 2.05) is 18.2 Å². The van der Waals surface area contributed by atoms with Crippen LogP contribution in [0.15, 0.2) is 47.3 Å². The smallest absolute Gasteiger partial charge is 0.261 e. The van der Waals surface area contributed by atoms with E-state index in [9.17, 15) is 9.90 Å². The van der Waals surface area contributed by atoms with E-state index in [1.165, 1.54) is 4.68 Å². The quantitative estimate of drug-likeness (QED) is 0.398. The van der Waals surface area contributed by atoms with E-state index in [0.717, 1.165) is 44.7 Å². The third kappa shape index (κ3) is 3.88. The van der Waals surface area contributed by atoms with Gasteiger partial charge < -0.3 is 25.3 Å². The molecule has 0 aliphatic carbocycles. The summed E-state index contributed by atoms with van der Waals surface area (Å²) in [6.45, 7) is 5.08. The van der Waals surface area contributed by atoms with Crippen molar-refractivity contribution >= 4 is 27.6 Å². The van der Waals surface area contributed by atoms with Gasteiger partial charge in [-0.05, 0) is 42.8 Å². The van der Waals surface area contributed by atoms with Gasteiger partial charge >= 0.3 is 0 Å². The van der Waals surface area contributed by atoms with E-state index >= 15 is 0 Å². The largest absolute Gasteiger partial charge is 0.508 e. The first-order valence-corrected chi connectivity index (χ1v) is 10.7. The van der Waals surface area contributed by atoms with Crippen LogP contribution in [0.25, 0.3) is 27.5 Å². The molecular formula is C23H25N5O4. The number of pyridine rings is 1. The number of phenolic OH excluding ortho intramolecular Hbond substituents is 1. The van der Waals surface area contributed by atoms with E-state index in [1.54, 1.807) is 24.3 Å². The first kappa shape index (κ1) is 20.3. The molecule has 4 N–H and O–H groups in total. The van der Waals surface area contributed by atoms with Crippen LogP contribution in [-0.4, -0.2) is 64.2 Å². The van der Waals surface area contributed by atoms with Gasteiger partial charge in [-0.15, -0.1) is 0 Å². The predicted molar refractivity (Wildman–Crippen MR) is 123 cm³/mol. The zero-order valence-electron chi connectivity index (χ0n) is 17.6. The lowest BCUT2D eigenvalue weighted by Gasteiger charge is -2.26. The van der Waals surface area contributed by atoms with Crippen molar-refractivity contribution in [2.75, 3.05) is 45.2 Å². The van der Waals surface area contributed by atoms with Crippen LogP contribution in [0.3, 0.4) is 0 Å². The third-order valence-corrected chi connectivity index (χ3v) is 5.73. The highest BCUT2D eigenvalue weighted by Gasteiger charge is 2.17. The standard InChI is InChI=1S/C23H25N5O4/c24-22-20-21(26-28(22)15-2-4-16(29)5-3-15)18-7-6-17(14-19(18)25-23(20)30)32-11-1-8-27-9-12-31-13-10-27/h2-7,14,29H,1,8-13,24H2,(H,25,30). The molecule has 2 aromatic heterocycles. The summed E-state index contributed by atoms with van der Waals surface area (Å²) in [4.78, 5) is 18.0. The van der Waals surface area contributed by atoms with Gasteiger partial charge in [-0.2, -0.15) is 5.10 Å².